The van der Waals surface area contributed by atoms with Gasteiger partial charge in [0.25, 0.3) is 11.5 Å². The summed E-state index contributed by atoms with van der Waals surface area (Å²) in [4.78, 5) is 34.3. The fourth-order valence-corrected chi connectivity index (χ4v) is 8.02. The van der Waals surface area contributed by atoms with Gasteiger partial charge >= 0.3 is 0 Å². The Labute approximate surface area is 261 Å². The molecule has 2 aromatic rings. The molecule has 2 bridgehead atoms. The smallest absolute Gasteiger partial charge is 0.253 e. The number of amides is 1. The maximum Gasteiger partial charge on any atom is 0.253 e. The molecule has 2 N–H and O–H groups in total. The summed E-state index contributed by atoms with van der Waals surface area (Å²) in [5.41, 5.74) is 4.70. The molecule has 4 heterocycles. The number of fused-ring (bicyclic) bond motifs is 3. The number of nitrogens with one attached hydrogen (secondary N) is 2. The van der Waals surface area contributed by atoms with Gasteiger partial charge in [-0.1, -0.05) is 0 Å². The molecule has 3 unspecified atom stereocenters. The van der Waals surface area contributed by atoms with Gasteiger partial charge in [0.15, 0.2) is 0 Å². The molecule has 5 aliphatic rings. The van der Waals surface area contributed by atoms with Crippen molar-refractivity contribution in [2.24, 2.45) is 5.92 Å². The molecule has 7 rings (SSSR count). The summed E-state index contributed by atoms with van der Waals surface area (Å²) < 4.78 is 18.6. The molecular formula is C35H50N4O5. The van der Waals surface area contributed by atoms with Crippen LogP contribution in [-0.4, -0.2) is 78.5 Å². The number of aromatic amines is 1. The number of H-pyrrole nitrogens is 1. The highest BCUT2D eigenvalue weighted by molar-refractivity contribution is 5.97. The van der Waals surface area contributed by atoms with E-state index in [2.05, 4.69) is 46.9 Å². The van der Waals surface area contributed by atoms with E-state index in [1.165, 1.54) is 6.42 Å². The molecule has 2 aliphatic carbocycles. The standard InChI is InChI=1S/C35H50N4O5/c1-7-39(33-14-27-9-8-25(33)19-42-27)32-15-29(44-28-11-26(12-28)38-17-22(4)43-23(5)18-38)13-30(24(32)6)34(40)36-16-31-20(2)10-21(3)37-35(31)41/h10,13,15,22-23,25-28,33H,7-9,11-12,14,16-19H2,1-6H3,(H,36,40)(H,37,41)/t22-,23+,25?,26?,27?,28?,33?. The molecule has 1 amide bonds. The Balaban J connectivity index is 1.24. The SMILES string of the molecule is CCN(c1cc(OC2CC(N3C[C@@H](C)O[C@@H](C)C3)C2)cc(C(=O)NCc2c(C)cc(C)[nH]c2=O)c1C)C1CC2CCC1CO2. The van der Waals surface area contributed by atoms with Crippen LogP contribution in [-0.2, 0) is 16.0 Å². The van der Waals surface area contributed by atoms with E-state index in [9.17, 15) is 9.59 Å². The van der Waals surface area contributed by atoms with Crippen molar-refractivity contribution in [3.05, 3.63) is 56.5 Å². The van der Waals surface area contributed by atoms with Crippen molar-refractivity contribution in [1.82, 2.24) is 15.2 Å². The lowest BCUT2D eigenvalue weighted by Crippen LogP contribution is -2.56. The number of aromatic nitrogens is 1. The molecule has 9 nitrogen and oxygen atoms in total. The van der Waals surface area contributed by atoms with Crippen LogP contribution in [0.25, 0.3) is 0 Å². The van der Waals surface area contributed by atoms with E-state index < -0.39 is 0 Å². The average molecular weight is 607 g/mol. The molecule has 0 radical (unpaired) electrons. The van der Waals surface area contributed by atoms with Crippen molar-refractivity contribution >= 4 is 11.6 Å². The summed E-state index contributed by atoms with van der Waals surface area (Å²) in [6, 6.07) is 6.87. The maximum atomic E-state index is 13.8. The number of anilines is 1. The van der Waals surface area contributed by atoms with E-state index in [1.807, 2.05) is 32.9 Å². The predicted octanol–water partition coefficient (Wildman–Crippen LogP) is 4.64. The monoisotopic (exact) mass is 606 g/mol. The van der Waals surface area contributed by atoms with E-state index >= 15 is 0 Å². The quantitative estimate of drug-likeness (QED) is 0.429. The number of ether oxygens (including phenoxy) is 3. The Hall–Kier alpha value is -2.88. The lowest BCUT2D eigenvalue weighted by molar-refractivity contribution is -0.103. The fourth-order valence-electron chi connectivity index (χ4n) is 8.02. The Morgan fingerprint density at radius 2 is 1.84 bits per heavy atom. The van der Waals surface area contributed by atoms with Crippen molar-refractivity contribution < 1.29 is 19.0 Å². The molecule has 3 aliphatic heterocycles. The lowest BCUT2D eigenvalue weighted by atomic mass is 9.79. The number of carbonyl (C=O) groups excluding carboxylic acids is 1. The number of morpholine rings is 1. The Kier molecular flexibility index (Phi) is 9.09. The topological polar surface area (TPSA) is 96.1 Å². The number of hydrogen-bond acceptors (Lipinski definition) is 7. The van der Waals surface area contributed by atoms with Gasteiger partial charge in [-0.2, -0.15) is 0 Å². The summed E-state index contributed by atoms with van der Waals surface area (Å²) in [6.07, 6.45) is 6.20. The zero-order valence-electron chi connectivity index (χ0n) is 27.3. The summed E-state index contributed by atoms with van der Waals surface area (Å²) in [6.45, 7) is 16.0. The van der Waals surface area contributed by atoms with Crippen LogP contribution in [0.4, 0.5) is 5.69 Å². The van der Waals surface area contributed by atoms with Crippen molar-refractivity contribution in [3.8, 4) is 5.75 Å². The van der Waals surface area contributed by atoms with E-state index in [1.54, 1.807) is 0 Å². The van der Waals surface area contributed by atoms with Gasteiger partial charge < -0.3 is 29.4 Å². The van der Waals surface area contributed by atoms with Crippen LogP contribution < -0.4 is 20.5 Å². The minimum absolute atomic E-state index is 0.114. The van der Waals surface area contributed by atoms with E-state index in [4.69, 9.17) is 14.2 Å². The highest BCUT2D eigenvalue weighted by Gasteiger charge is 2.41. The fraction of sp³-hybridized carbons (Fsp3) is 0.657. The third-order valence-corrected chi connectivity index (χ3v) is 10.4. The highest BCUT2D eigenvalue weighted by atomic mass is 16.5. The molecule has 44 heavy (non-hydrogen) atoms. The Morgan fingerprint density at radius 3 is 2.45 bits per heavy atom. The third-order valence-electron chi connectivity index (χ3n) is 10.4. The van der Waals surface area contributed by atoms with Gasteiger partial charge in [-0.15, -0.1) is 0 Å². The lowest BCUT2D eigenvalue weighted by Gasteiger charge is -2.48. The van der Waals surface area contributed by atoms with Gasteiger partial charge in [0.2, 0.25) is 0 Å². The zero-order valence-corrected chi connectivity index (χ0v) is 27.3. The molecule has 5 fully saturated rings. The van der Waals surface area contributed by atoms with Gasteiger partial charge in [0, 0.05) is 85.6 Å². The molecule has 1 aromatic heterocycles. The summed E-state index contributed by atoms with van der Waals surface area (Å²) >= 11 is 0. The summed E-state index contributed by atoms with van der Waals surface area (Å²) in [5, 5.41) is 3.04. The van der Waals surface area contributed by atoms with Crippen LogP contribution in [0, 0.1) is 26.7 Å². The number of benzene rings is 1. The number of rotatable bonds is 9. The number of hydrogen-bond donors (Lipinski definition) is 2. The van der Waals surface area contributed by atoms with Crippen LogP contribution in [0.2, 0.25) is 0 Å². The third kappa shape index (κ3) is 6.42. The molecule has 3 saturated heterocycles. The van der Waals surface area contributed by atoms with Crippen molar-refractivity contribution in [2.75, 3.05) is 31.1 Å². The Bertz CT molecular complexity index is 1400. The molecule has 0 spiro atoms. The number of carbonyl (C=O) groups is 1. The first-order valence-corrected chi connectivity index (χ1v) is 16.7. The summed E-state index contributed by atoms with van der Waals surface area (Å²) in [5.74, 6) is 1.03. The Morgan fingerprint density at radius 1 is 1.09 bits per heavy atom. The summed E-state index contributed by atoms with van der Waals surface area (Å²) in [7, 11) is 0. The molecule has 2 saturated carbocycles. The van der Waals surface area contributed by atoms with Crippen LogP contribution in [0.3, 0.4) is 0 Å². The maximum absolute atomic E-state index is 13.8. The van der Waals surface area contributed by atoms with Gasteiger partial charge in [0.05, 0.1) is 24.9 Å². The first-order chi connectivity index (χ1) is 21.1. The minimum atomic E-state index is -0.194. The number of aryl methyl sites for hydroxylation is 2. The molecule has 5 atom stereocenters. The molecule has 240 valence electrons. The molecular weight excluding hydrogens is 556 g/mol. The zero-order chi connectivity index (χ0) is 31.1. The normalized spacial score (nSPS) is 30.1. The van der Waals surface area contributed by atoms with E-state index in [0.29, 0.717) is 35.2 Å². The molecule has 9 heteroatoms. The van der Waals surface area contributed by atoms with Crippen LogP contribution in [0.1, 0.15) is 85.6 Å². The second-order valence-electron chi connectivity index (χ2n) is 13.7. The average Bonchev–Trinajstić information content (AvgIpc) is 2.96. The van der Waals surface area contributed by atoms with Crippen LogP contribution >= 0.6 is 0 Å². The molecule has 1 aromatic carbocycles. The largest absolute Gasteiger partial charge is 0.490 e. The van der Waals surface area contributed by atoms with Gasteiger partial charge in [0.1, 0.15) is 11.9 Å². The van der Waals surface area contributed by atoms with Gasteiger partial charge in [-0.05, 0) is 84.1 Å². The number of pyridine rings is 1. The van der Waals surface area contributed by atoms with E-state index in [-0.39, 0.29) is 36.3 Å². The van der Waals surface area contributed by atoms with Crippen LogP contribution in [0.5, 0.6) is 5.75 Å². The minimum Gasteiger partial charge on any atom is -0.490 e. The predicted molar refractivity (Wildman–Crippen MR) is 172 cm³/mol. The first-order valence-electron chi connectivity index (χ1n) is 16.7. The second-order valence-corrected chi connectivity index (χ2v) is 13.7. The van der Waals surface area contributed by atoms with Gasteiger partial charge in [-0.25, -0.2) is 0 Å². The second kappa shape index (κ2) is 12.9. The van der Waals surface area contributed by atoms with Gasteiger partial charge in [-0.3, -0.25) is 14.5 Å². The van der Waals surface area contributed by atoms with Crippen molar-refractivity contribution in [3.63, 3.8) is 0 Å². The van der Waals surface area contributed by atoms with Crippen molar-refractivity contribution in [2.45, 2.75) is 117 Å². The van der Waals surface area contributed by atoms with Crippen LogP contribution in [0.15, 0.2) is 23.0 Å². The first kappa shape index (κ1) is 31.1. The van der Waals surface area contributed by atoms with Crippen molar-refractivity contribution in [1.29, 1.82) is 0 Å². The number of nitrogens with zero attached hydrogens (tertiary/aromatic N) is 2. The van der Waals surface area contributed by atoms with E-state index in [0.717, 1.165) is 80.2 Å². The highest BCUT2D eigenvalue weighted by Crippen LogP contribution is 2.41.